The molecule has 1 aliphatic rings. The zero-order valence-electron chi connectivity index (χ0n) is 15.1. The lowest BCUT2D eigenvalue weighted by molar-refractivity contribution is -0.132. The maximum atomic E-state index is 12.9. The number of furan rings is 1. The van der Waals surface area contributed by atoms with Crippen LogP contribution in [0.3, 0.4) is 0 Å². The van der Waals surface area contributed by atoms with E-state index in [1.54, 1.807) is 30.2 Å². The van der Waals surface area contributed by atoms with Gasteiger partial charge < -0.3 is 9.32 Å². The number of nitrogens with zero attached hydrogens (tertiary/aromatic N) is 2. The predicted molar refractivity (Wildman–Crippen MR) is 98.3 cm³/mol. The van der Waals surface area contributed by atoms with Crippen molar-refractivity contribution in [2.75, 3.05) is 26.2 Å². The summed E-state index contributed by atoms with van der Waals surface area (Å²) in [7, 11) is -3.53. The highest BCUT2D eigenvalue weighted by Gasteiger charge is 2.31. The molecule has 0 bridgehead atoms. The molecular formula is C19H24N2O4S. The third-order valence-electron chi connectivity index (χ3n) is 4.72. The van der Waals surface area contributed by atoms with Crippen molar-refractivity contribution in [3.63, 3.8) is 0 Å². The van der Waals surface area contributed by atoms with Crippen molar-refractivity contribution in [3.8, 4) is 0 Å². The van der Waals surface area contributed by atoms with Crippen LogP contribution in [0.1, 0.15) is 23.3 Å². The Bertz CT molecular complexity index is 867. The van der Waals surface area contributed by atoms with E-state index >= 15 is 0 Å². The van der Waals surface area contributed by atoms with Crippen LogP contribution in [0.25, 0.3) is 0 Å². The lowest BCUT2D eigenvalue weighted by Crippen LogP contribution is -2.50. The van der Waals surface area contributed by atoms with Crippen LogP contribution in [0.15, 0.2) is 45.9 Å². The zero-order valence-corrected chi connectivity index (χ0v) is 16.0. The highest BCUT2D eigenvalue weighted by Crippen LogP contribution is 2.22. The Morgan fingerprint density at radius 2 is 1.85 bits per heavy atom. The zero-order chi connectivity index (χ0) is 18.7. The highest BCUT2D eigenvalue weighted by atomic mass is 32.2. The molecule has 0 unspecified atom stereocenters. The molecule has 0 aliphatic carbocycles. The summed E-state index contributed by atoms with van der Waals surface area (Å²) in [6, 6.07) is 9.10. The molecule has 1 saturated heterocycles. The molecule has 0 radical (unpaired) electrons. The van der Waals surface area contributed by atoms with E-state index in [1.165, 1.54) is 4.31 Å². The van der Waals surface area contributed by atoms with Crippen LogP contribution in [-0.4, -0.2) is 49.7 Å². The van der Waals surface area contributed by atoms with Gasteiger partial charge in [-0.3, -0.25) is 4.79 Å². The number of piperazine rings is 1. The van der Waals surface area contributed by atoms with Gasteiger partial charge in [-0.2, -0.15) is 4.31 Å². The fourth-order valence-electron chi connectivity index (χ4n) is 3.15. The first-order valence-corrected chi connectivity index (χ1v) is 10.2. The molecule has 0 saturated carbocycles. The average Bonchev–Trinajstić information content (AvgIpc) is 3.15. The Labute approximate surface area is 154 Å². The monoisotopic (exact) mass is 376 g/mol. The van der Waals surface area contributed by atoms with Crippen molar-refractivity contribution in [3.05, 3.63) is 53.5 Å². The second-order valence-electron chi connectivity index (χ2n) is 6.63. The third kappa shape index (κ3) is 3.99. The Morgan fingerprint density at radius 3 is 2.50 bits per heavy atom. The lowest BCUT2D eigenvalue weighted by atomic mass is 10.2. The summed E-state index contributed by atoms with van der Waals surface area (Å²) in [6.07, 6.45) is 2.53. The molecule has 2 heterocycles. The van der Waals surface area contributed by atoms with Gasteiger partial charge in [-0.15, -0.1) is 0 Å². The summed E-state index contributed by atoms with van der Waals surface area (Å²) in [5.41, 5.74) is 1.66. The highest BCUT2D eigenvalue weighted by molar-refractivity contribution is 7.89. The molecule has 3 rings (SSSR count). The summed E-state index contributed by atoms with van der Waals surface area (Å²) in [5, 5.41) is 0. The second-order valence-corrected chi connectivity index (χ2v) is 8.54. The lowest BCUT2D eigenvalue weighted by Gasteiger charge is -2.34. The molecule has 6 nitrogen and oxygen atoms in total. The van der Waals surface area contributed by atoms with E-state index in [0.29, 0.717) is 43.9 Å². The summed E-state index contributed by atoms with van der Waals surface area (Å²) in [5.74, 6) is 0.819. The quantitative estimate of drug-likeness (QED) is 0.803. The van der Waals surface area contributed by atoms with Gasteiger partial charge >= 0.3 is 0 Å². The van der Waals surface area contributed by atoms with E-state index in [4.69, 9.17) is 4.42 Å². The molecule has 1 aromatic carbocycles. The number of carbonyl (C=O) groups is 1. The van der Waals surface area contributed by atoms with Gasteiger partial charge in [-0.25, -0.2) is 8.42 Å². The van der Waals surface area contributed by atoms with Gasteiger partial charge in [0, 0.05) is 39.0 Å². The maximum absolute atomic E-state index is 12.9. The Morgan fingerprint density at radius 1 is 1.12 bits per heavy atom. The first kappa shape index (κ1) is 18.7. The largest absolute Gasteiger partial charge is 0.469 e. The van der Waals surface area contributed by atoms with E-state index in [2.05, 4.69) is 0 Å². The first-order chi connectivity index (χ1) is 12.4. The van der Waals surface area contributed by atoms with Crippen molar-refractivity contribution >= 4 is 15.9 Å². The number of benzene rings is 1. The molecule has 1 aliphatic heterocycles. The minimum Gasteiger partial charge on any atom is -0.469 e. The van der Waals surface area contributed by atoms with Gasteiger partial charge in [-0.05, 0) is 43.2 Å². The number of amides is 1. The average molecular weight is 376 g/mol. The van der Waals surface area contributed by atoms with Crippen LogP contribution < -0.4 is 0 Å². The molecule has 1 aromatic heterocycles. The van der Waals surface area contributed by atoms with Crippen molar-refractivity contribution in [2.24, 2.45) is 0 Å². The van der Waals surface area contributed by atoms with E-state index in [0.717, 1.165) is 16.9 Å². The summed E-state index contributed by atoms with van der Waals surface area (Å²) in [4.78, 5) is 14.4. The summed E-state index contributed by atoms with van der Waals surface area (Å²) < 4.78 is 32.6. The fourth-order valence-corrected chi connectivity index (χ4v) is 4.88. The molecule has 2 aromatic rings. The van der Waals surface area contributed by atoms with E-state index in [-0.39, 0.29) is 5.91 Å². The fraction of sp³-hybridized carbons (Fsp3) is 0.421. The van der Waals surface area contributed by atoms with Gasteiger partial charge in [-0.1, -0.05) is 12.1 Å². The van der Waals surface area contributed by atoms with Crippen LogP contribution in [0.4, 0.5) is 0 Å². The van der Waals surface area contributed by atoms with Crippen molar-refractivity contribution in [1.29, 1.82) is 0 Å². The van der Waals surface area contributed by atoms with Gasteiger partial charge in [0.2, 0.25) is 15.9 Å². The maximum Gasteiger partial charge on any atom is 0.243 e. The van der Waals surface area contributed by atoms with Crippen molar-refractivity contribution < 1.29 is 17.6 Å². The SMILES string of the molecule is Cc1ccc(C)c(S(=O)(=O)N2CCN(C(=O)CCc3ccco3)CC2)c1. The Hall–Kier alpha value is -2.12. The summed E-state index contributed by atoms with van der Waals surface area (Å²) >= 11 is 0. The summed E-state index contributed by atoms with van der Waals surface area (Å²) in [6.45, 7) is 5.17. The predicted octanol–water partition coefficient (Wildman–Crippen LogP) is 2.36. The number of rotatable bonds is 5. The molecule has 26 heavy (non-hydrogen) atoms. The van der Waals surface area contributed by atoms with Crippen LogP contribution >= 0.6 is 0 Å². The number of hydrogen-bond acceptors (Lipinski definition) is 4. The third-order valence-corrected chi connectivity index (χ3v) is 6.76. The number of sulfonamides is 1. The standard InChI is InChI=1S/C19H24N2O4S/c1-15-5-6-16(2)18(14-15)26(23,24)21-11-9-20(10-12-21)19(22)8-7-17-4-3-13-25-17/h3-6,13-14H,7-12H2,1-2H3. The Kier molecular flexibility index (Phi) is 5.48. The van der Waals surface area contributed by atoms with E-state index in [9.17, 15) is 13.2 Å². The van der Waals surface area contributed by atoms with Crippen LogP contribution in [0, 0.1) is 13.8 Å². The topological polar surface area (TPSA) is 70.8 Å². The molecule has 7 heteroatoms. The minimum absolute atomic E-state index is 0.0326. The molecule has 0 N–H and O–H groups in total. The molecule has 1 fully saturated rings. The Balaban J connectivity index is 1.60. The molecular weight excluding hydrogens is 352 g/mol. The van der Waals surface area contributed by atoms with Gasteiger partial charge in [0.15, 0.2) is 0 Å². The minimum atomic E-state index is -3.53. The second kappa shape index (κ2) is 7.63. The van der Waals surface area contributed by atoms with Gasteiger partial charge in [0.05, 0.1) is 11.2 Å². The smallest absolute Gasteiger partial charge is 0.243 e. The van der Waals surface area contributed by atoms with Gasteiger partial charge in [0.25, 0.3) is 0 Å². The molecule has 0 atom stereocenters. The first-order valence-electron chi connectivity index (χ1n) is 8.75. The van der Waals surface area contributed by atoms with E-state index < -0.39 is 10.0 Å². The van der Waals surface area contributed by atoms with Crippen molar-refractivity contribution in [2.45, 2.75) is 31.6 Å². The normalized spacial score (nSPS) is 16.0. The van der Waals surface area contributed by atoms with Crippen molar-refractivity contribution in [1.82, 2.24) is 9.21 Å². The number of aryl methyl sites for hydroxylation is 3. The van der Waals surface area contributed by atoms with Crippen LogP contribution in [0.5, 0.6) is 0 Å². The van der Waals surface area contributed by atoms with E-state index in [1.807, 2.05) is 25.1 Å². The number of carbonyl (C=O) groups excluding carboxylic acids is 1. The van der Waals surface area contributed by atoms with Crippen LogP contribution in [0.2, 0.25) is 0 Å². The molecule has 140 valence electrons. The molecule has 1 amide bonds. The van der Waals surface area contributed by atoms with Gasteiger partial charge in [0.1, 0.15) is 5.76 Å². The number of hydrogen-bond donors (Lipinski definition) is 0. The van der Waals surface area contributed by atoms with Crippen LogP contribution in [-0.2, 0) is 21.2 Å². The molecule has 0 spiro atoms.